The highest BCUT2D eigenvalue weighted by Gasteiger charge is 2.07. The zero-order chi connectivity index (χ0) is 13.8. The van der Waals surface area contributed by atoms with Gasteiger partial charge in [-0.3, -0.25) is 4.79 Å². The van der Waals surface area contributed by atoms with E-state index in [9.17, 15) is 4.79 Å². The van der Waals surface area contributed by atoms with Crippen molar-refractivity contribution in [2.75, 3.05) is 0 Å². The molecule has 1 N–H and O–H groups in total. The zero-order valence-corrected chi connectivity index (χ0v) is 11.7. The summed E-state index contributed by atoms with van der Waals surface area (Å²) in [5.74, 6) is 0.0631. The molecule has 2 aromatic rings. The van der Waals surface area contributed by atoms with Gasteiger partial charge in [-0.2, -0.15) is 0 Å². The number of carbonyl (C=O) groups is 1. The number of hydrogen-bond donors (Lipinski definition) is 1. The summed E-state index contributed by atoms with van der Waals surface area (Å²) in [5, 5.41) is 2.97. The number of aryl methyl sites for hydroxylation is 2. The van der Waals surface area contributed by atoms with Crippen LogP contribution in [0.25, 0.3) is 0 Å². The number of amides is 1. The van der Waals surface area contributed by atoms with Crippen molar-refractivity contribution in [2.45, 2.75) is 26.8 Å². The van der Waals surface area contributed by atoms with Crippen molar-refractivity contribution >= 4 is 5.91 Å². The summed E-state index contributed by atoms with van der Waals surface area (Å²) in [6, 6.07) is 12.1. The van der Waals surface area contributed by atoms with Gasteiger partial charge in [0.15, 0.2) is 0 Å². The fourth-order valence-electron chi connectivity index (χ4n) is 2.08. The number of carbonyl (C=O) groups excluding carboxylic acids is 1. The molecular weight excluding hydrogens is 236 g/mol. The van der Waals surface area contributed by atoms with Crippen LogP contribution in [0.4, 0.5) is 0 Å². The van der Waals surface area contributed by atoms with E-state index in [2.05, 4.69) is 22.9 Å². The SMILES string of the molecule is Cc1ccccc1CC(=O)NCc1ccc(C)n1C. The molecule has 100 valence electrons. The second-order valence-electron chi connectivity index (χ2n) is 4.91. The van der Waals surface area contributed by atoms with E-state index < -0.39 is 0 Å². The molecule has 0 bridgehead atoms. The van der Waals surface area contributed by atoms with Crippen molar-refractivity contribution in [2.24, 2.45) is 7.05 Å². The molecule has 0 aliphatic carbocycles. The Morgan fingerprint density at radius 3 is 2.53 bits per heavy atom. The summed E-state index contributed by atoms with van der Waals surface area (Å²) < 4.78 is 2.09. The molecule has 0 atom stereocenters. The van der Waals surface area contributed by atoms with E-state index in [0.717, 1.165) is 16.8 Å². The third-order valence-corrected chi connectivity index (χ3v) is 3.56. The molecule has 1 heterocycles. The largest absolute Gasteiger partial charge is 0.350 e. The van der Waals surface area contributed by atoms with Crippen molar-refractivity contribution in [1.29, 1.82) is 0 Å². The van der Waals surface area contributed by atoms with E-state index in [1.807, 2.05) is 44.3 Å². The summed E-state index contributed by atoms with van der Waals surface area (Å²) in [6.07, 6.45) is 0.441. The second-order valence-corrected chi connectivity index (χ2v) is 4.91. The number of benzene rings is 1. The highest BCUT2D eigenvalue weighted by molar-refractivity contribution is 5.78. The van der Waals surface area contributed by atoms with Crippen LogP contribution >= 0.6 is 0 Å². The van der Waals surface area contributed by atoms with E-state index in [4.69, 9.17) is 0 Å². The average Bonchev–Trinajstić information content (AvgIpc) is 2.70. The first kappa shape index (κ1) is 13.4. The Morgan fingerprint density at radius 1 is 1.16 bits per heavy atom. The quantitative estimate of drug-likeness (QED) is 0.896. The monoisotopic (exact) mass is 256 g/mol. The van der Waals surface area contributed by atoms with Crippen molar-refractivity contribution in [3.63, 3.8) is 0 Å². The molecular formula is C16H20N2O. The van der Waals surface area contributed by atoms with Crippen LogP contribution in [0.15, 0.2) is 36.4 Å². The first-order chi connectivity index (χ1) is 9.08. The molecule has 3 heteroatoms. The predicted molar refractivity (Wildman–Crippen MR) is 76.9 cm³/mol. The second kappa shape index (κ2) is 5.74. The first-order valence-electron chi connectivity index (χ1n) is 6.50. The van der Waals surface area contributed by atoms with Crippen molar-refractivity contribution in [3.8, 4) is 0 Å². The van der Waals surface area contributed by atoms with Gasteiger partial charge < -0.3 is 9.88 Å². The molecule has 0 aliphatic heterocycles. The minimum absolute atomic E-state index is 0.0631. The summed E-state index contributed by atoms with van der Waals surface area (Å²) in [4.78, 5) is 11.9. The molecule has 1 amide bonds. The van der Waals surface area contributed by atoms with Gasteiger partial charge in [0, 0.05) is 18.4 Å². The van der Waals surface area contributed by atoms with Crippen LogP contribution in [0.5, 0.6) is 0 Å². The van der Waals surface area contributed by atoms with Gasteiger partial charge in [-0.25, -0.2) is 0 Å². The summed E-state index contributed by atoms with van der Waals surface area (Å²) in [6.45, 7) is 4.66. The Morgan fingerprint density at radius 2 is 1.89 bits per heavy atom. The van der Waals surface area contributed by atoms with Crippen LogP contribution in [0.3, 0.4) is 0 Å². The number of hydrogen-bond acceptors (Lipinski definition) is 1. The van der Waals surface area contributed by atoms with E-state index in [-0.39, 0.29) is 5.91 Å². The van der Waals surface area contributed by atoms with Crippen molar-refractivity contribution in [3.05, 3.63) is 58.9 Å². The Hall–Kier alpha value is -2.03. The maximum Gasteiger partial charge on any atom is 0.224 e. The lowest BCUT2D eigenvalue weighted by Crippen LogP contribution is -2.25. The minimum Gasteiger partial charge on any atom is -0.350 e. The van der Waals surface area contributed by atoms with Gasteiger partial charge in [-0.15, -0.1) is 0 Å². The molecule has 0 unspecified atom stereocenters. The Bertz CT molecular complexity index is 584. The van der Waals surface area contributed by atoms with Crippen molar-refractivity contribution in [1.82, 2.24) is 9.88 Å². The minimum atomic E-state index is 0.0631. The van der Waals surface area contributed by atoms with Crippen LogP contribution in [0, 0.1) is 13.8 Å². The summed E-state index contributed by atoms with van der Waals surface area (Å²) in [7, 11) is 2.01. The predicted octanol–water partition coefficient (Wildman–Crippen LogP) is 2.50. The number of aromatic nitrogens is 1. The van der Waals surface area contributed by atoms with Gasteiger partial charge in [0.2, 0.25) is 5.91 Å². The first-order valence-corrected chi connectivity index (χ1v) is 6.50. The van der Waals surface area contributed by atoms with E-state index in [1.54, 1.807) is 0 Å². The Labute approximate surface area is 114 Å². The highest BCUT2D eigenvalue weighted by Crippen LogP contribution is 2.08. The van der Waals surface area contributed by atoms with Gasteiger partial charge in [-0.05, 0) is 37.1 Å². The lowest BCUT2D eigenvalue weighted by atomic mass is 10.1. The van der Waals surface area contributed by atoms with Crippen LogP contribution < -0.4 is 5.32 Å². The molecule has 0 aliphatic rings. The molecule has 1 aromatic heterocycles. The standard InChI is InChI=1S/C16H20N2O/c1-12-6-4-5-7-14(12)10-16(19)17-11-15-9-8-13(2)18(15)3/h4-9H,10-11H2,1-3H3,(H,17,19). The van der Waals surface area contributed by atoms with E-state index in [1.165, 1.54) is 5.69 Å². The van der Waals surface area contributed by atoms with Gasteiger partial charge >= 0.3 is 0 Å². The van der Waals surface area contributed by atoms with Crippen LogP contribution in [-0.2, 0) is 24.8 Å². The number of nitrogens with zero attached hydrogens (tertiary/aromatic N) is 1. The van der Waals surface area contributed by atoms with Gasteiger partial charge in [0.25, 0.3) is 0 Å². The molecule has 0 fully saturated rings. The fraction of sp³-hybridized carbons (Fsp3) is 0.312. The molecule has 0 spiro atoms. The normalized spacial score (nSPS) is 10.5. The lowest BCUT2D eigenvalue weighted by molar-refractivity contribution is -0.120. The number of rotatable bonds is 4. The van der Waals surface area contributed by atoms with Crippen LogP contribution in [-0.4, -0.2) is 10.5 Å². The molecule has 1 aromatic carbocycles. The van der Waals surface area contributed by atoms with Crippen molar-refractivity contribution < 1.29 is 4.79 Å². The zero-order valence-electron chi connectivity index (χ0n) is 11.7. The van der Waals surface area contributed by atoms with E-state index in [0.29, 0.717) is 13.0 Å². The average molecular weight is 256 g/mol. The van der Waals surface area contributed by atoms with Crippen LogP contribution in [0.1, 0.15) is 22.5 Å². The van der Waals surface area contributed by atoms with Gasteiger partial charge in [-0.1, -0.05) is 24.3 Å². The van der Waals surface area contributed by atoms with E-state index >= 15 is 0 Å². The maximum atomic E-state index is 11.9. The summed E-state index contributed by atoms with van der Waals surface area (Å²) in [5.41, 5.74) is 4.56. The molecule has 0 radical (unpaired) electrons. The molecule has 3 nitrogen and oxygen atoms in total. The molecule has 0 saturated heterocycles. The fourth-order valence-corrected chi connectivity index (χ4v) is 2.08. The Balaban J connectivity index is 1.92. The third-order valence-electron chi connectivity index (χ3n) is 3.56. The van der Waals surface area contributed by atoms with Gasteiger partial charge in [0.05, 0.1) is 13.0 Å². The Kier molecular flexibility index (Phi) is 4.05. The number of nitrogens with one attached hydrogen (secondary N) is 1. The summed E-state index contributed by atoms with van der Waals surface area (Å²) >= 11 is 0. The van der Waals surface area contributed by atoms with Gasteiger partial charge in [0.1, 0.15) is 0 Å². The molecule has 0 saturated carbocycles. The maximum absolute atomic E-state index is 11.9. The third kappa shape index (κ3) is 3.25. The molecule has 2 rings (SSSR count). The molecule has 19 heavy (non-hydrogen) atoms. The topological polar surface area (TPSA) is 34.0 Å². The smallest absolute Gasteiger partial charge is 0.224 e. The highest BCUT2D eigenvalue weighted by atomic mass is 16.1. The van der Waals surface area contributed by atoms with Crippen LogP contribution in [0.2, 0.25) is 0 Å². The lowest BCUT2D eigenvalue weighted by Gasteiger charge is -2.09.